The molecule has 6 nitrogen and oxygen atoms in total. The van der Waals surface area contributed by atoms with Crippen LogP contribution in [0.3, 0.4) is 0 Å². The summed E-state index contributed by atoms with van der Waals surface area (Å²) in [6.45, 7) is 10.4. The molecule has 2 aromatic carbocycles. The average Bonchev–Trinajstić information content (AvgIpc) is 2.88. The van der Waals surface area contributed by atoms with Crippen LogP contribution in [-0.2, 0) is 0 Å². The van der Waals surface area contributed by atoms with Crippen LogP contribution in [0.1, 0.15) is 111 Å². The summed E-state index contributed by atoms with van der Waals surface area (Å²) in [7, 11) is 0. The van der Waals surface area contributed by atoms with Gasteiger partial charge in [0.15, 0.2) is 34.6 Å². The molecule has 0 radical (unpaired) electrons. The number of ether oxygens (including phenoxy) is 4. The van der Waals surface area contributed by atoms with Crippen LogP contribution in [-0.4, -0.2) is 38.0 Å². The molecular formula is C30H40O6. The van der Waals surface area contributed by atoms with E-state index in [0.717, 1.165) is 51.4 Å². The van der Waals surface area contributed by atoms with Crippen molar-refractivity contribution in [3.8, 4) is 23.0 Å². The summed E-state index contributed by atoms with van der Waals surface area (Å²) in [6, 6.07) is 6.66. The van der Waals surface area contributed by atoms with Crippen LogP contribution in [0.5, 0.6) is 23.0 Å². The SMILES string of the molecule is CCCCOc1cc2c(cc1OCCCC)C(=O)c1cc(OCCCC)c(OCCCC)cc1C2=O. The van der Waals surface area contributed by atoms with Crippen molar-refractivity contribution < 1.29 is 28.5 Å². The second-order valence-electron chi connectivity index (χ2n) is 9.16. The second-order valence-corrected chi connectivity index (χ2v) is 9.16. The molecule has 1 aliphatic rings. The Labute approximate surface area is 215 Å². The molecule has 1 aliphatic carbocycles. The predicted molar refractivity (Wildman–Crippen MR) is 141 cm³/mol. The number of ketones is 2. The molecule has 0 bridgehead atoms. The van der Waals surface area contributed by atoms with Gasteiger partial charge >= 0.3 is 0 Å². The van der Waals surface area contributed by atoms with E-state index in [4.69, 9.17) is 18.9 Å². The van der Waals surface area contributed by atoms with Gasteiger partial charge in [0.05, 0.1) is 26.4 Å². The van der Waals surface area contributed by atoms with E-state index >= 15 is 0 Å². The Morgan fingerprint density at radius 3 is 0.861 bits per heavy atom. The van der Waals surface area contributed by atoms with Crippen LogP contribution in [0.2, 0.25) is 0 Å². The van der Waals surface area contributed by atoms with Crippen molar-refractivity contribution in [2.45, 2.75) is 79.1 Å². The molecule has 196 valence electrons. The monoisotopic (exact) mass is 496 g/mol. The average molecular weight is 497 g/mol. The number of hydrogen-bond acceptors (Lipinski definition) is 6. The lowest BCUT2D eigenvalue weighted by molar-refractivity contribution is 0.0977. The fourth-order valence-electron chi connectivity index (χ4n) is 3.92. The maximum Gasteiger partial charge on any atom is 0.194 e. The number of benzene rings is 2. The van der Waals surface area contributed by atoms with Crippen LogP contribution in [0.4, 0.5) is 0 Å². The van der Waals surface area contributed by atoms with Gasteiger partial charge in [0.2, 0.25) is 0 Å². The van der Waals surface area contributed by atoms with Crippen molar-refractivity contribution >= 4 is 11.6 Å². The van der Waals surface area contributed by atoms with E-state index in [1.54, 1.807) is 24.3 Å². The molecule has 0 N–H and O–H groups in total. The van der Waals surface area contributed by atoms with Gasteiger partial charge in [-0.2, -0.15) is 0 Å². The maximum absolute atomic E-state index is 13.6. The van der Waals surface area contributed by atoms with E-state index in [1.165, 1.54) is 0 Å². The summed E-state index contributed by atoms with van der Waals surface area (Å²) in [5, 5.41) is 0. The highest BCUT2D eigenvalue weighted by Gasteiger charge is 2.33. The van der Waals surface area contributed by atoms with Gasteiger partial charge in [0.1, 0.15) is 0 Å². The zero-order valence-electron chi connectivity index (χ0n) is 22.2. The smallest absolute Gasteiger partial charge is 0.194 e. The molecule has 2 aromatic rings. The van der Waals surface area contributed by atoms with Crippen LogP contribution < -0.4 is 18.9 Å². The first-order valence-corrected chi connectivity index (χ1v) is 13.5. The highest BCUT2D eigenvalue weighted by molar-refractivity contribution is 6.29. The van der Waals surface area contributed by atoms with Gasteiger partial charge in [-0.15, -0.1) is 0 Å². The molecule has 0 fully saturated rings. The van der Waals surface area contributed by atoms with Gasteiger partial charge in [-0.3, -0.25) is 9.59 Å². The molecule has 0 saturated heterocycles. The van der Waals surface area contributed by atoms with Crippen molar-refractivity contribution in [3.05, 3.63) is 46.5 Å². The highest BCUT2D eigenvalue weighted by atomic mass is 16.5. The Bertz CT molecular complexity index is 881. The van der Waals surface area contributed by atoms with Gasteiger partial charge in [-0.1, -0.05) is 53.4 Å². The zero-order chi connectivity index (χ0) is 25.9. The molecule has 0 aromatic heterocycles. The maximum atomic E-state index is 13.6. The first-order valence-electron chi connectivity index (χ1n) is 13.5. The standard InChI is InChI=1S/C30H40O6/c1-5-9-13-33-25-17-21-22(18-26(25)34-14-10-6-2)30(32)24-20-28(36-16-12-8-4)27(35-15-11-7-3)19-23(24)29(21)31/h17-20H,5-16H2,1-4H3. The third-order valence-electron chi connectivity index (χ3n) is 6.17. The number of rotatable bonds is 16. The molecule has 0 atom stereocenters. The van der Waals surface area contributed by atoms with Crippen LogP contribution in [0.25, 0.3) is 0 Å². The number of carbonyl (C=O) groups excluding carboxylic acids is 2. The van der Waals surface area contributed by atoms with Gasteiger partial charge in [-0.25, -0.2) is 0 Å². The minimum atomic E-state index is -0.222. The normalized spacial score (nSPS) is 12.2. The number of fused-ring (bicyclic) bond motifs is 2. The van der Waals surface area contributed by atoms with E-state index < -0.39 is 0 Å². The first kappa shape index (κ1) is 27.6. The fraction of sp³-hybridized carbons (Fsp3) is 0.533. The van der Waals surface area contributed by atoms with E-state index in [-0.39, 0.29) is 11.6 Å². The Balaban J connectivity index is 2.01. The lowest BCUT2D eigenvalue weighted by Crippen LogP contribution is -2.22. The Kier molecular flexibility index (Phi) is 10.6. The lowest BCUT2D eigenvalue weighted by Gasteiger charge is -2.23. The van der Waals surface area contributed by atoms with Crippen molar-refractivity contribution in [1.29, 1.82) is 0 Å². The molecule has 3 rings (SSSR count). The molecule has 36 heavy (non-hydrogen) atoms. The van der Waals surface area contributed by atoms with Gasteiger partial charge in [0, 0.05) is 22.3 Å². The van der Waals surface area contributed by atoms with E-state index in [1.807, 2.05) is 0 Å². The third kappa shape index (κ3) is 6.59. The summed E-state index contributed by atoms with van der Waals surface area (Å²) >= 11 is 0. The zero-order valence-corrected chi connectivity index (χ0v) is 22.2. The van der Waals surface area contributed by atoms with Crippen LogP contribution in [0.15, 0.2) is 24.3 Å². The molecule has 0 amide bonds. The van der Waals surface area contributed by atoms with Crippen molar-refractivity contribution in [2.24, 2.45) is 0 Å². The summed E-state index contributed by atoms with van der Waals surface area (Å²) < 4.78 is 23.9. The fourth-order valence-corrected chi connectivity index (χ4v) is 3.92. The topological polar surface area (TPSA) is 71.1 Å². The highest BCUT2D eigenvalue weighted by Crippen LogP contribution is 2.40. The van der Waals surface area contributed by atoms with Crippen molar-refractivity contribution in [2.75, 3.05) is 26.4 Å². The third-order valence-corrected chi connectivity index (χ3v) is 6.17. The summed E-state index contributed by atoms with van der Waals surface area (Å²) in [6.07, 6.45) is 7.52. The van der Waals surface area contributed by atoms with Crippen molar-refractivity contribution in [3.63, 3.8) is 0 Å². The number of carbonyl (C=O) groups is 2. The lowest BCUT2D eigenvalue weighted by atomic mass is 9.83. The van der Waals surface area contributed by atoms with Crippen LogP contribution in [0, 0.1) is 0 Å². The molecule has 0 spiro atoms. The molecule has 0 unspecified atom stereocenters. The second kappa shape index (κ2) is 13.9. The summed E-state index contributed by atoms with van der Waals surface area (Å²) in [5.74, 6) is 1.56. The molecule has 0 saturated carbocycles. The predicted octanol–water partition coefficient (Wildman–Crippen LogP) is 7.18. The van der Waals surface area contributed by atoms with Gasteiger partial charge in [0.25, 0.3) is 0 Å². The first-order chi connectivity index (χ1) is 17.5. The summed E-state index contributed by atoms with van der Waals surface area (Å²) in [5.41, 5.74) is 1.34. The number of hydrogen-bond donors (Lipinski definition) is 0. The van der Waals surface area contributed by atoms with E-state index in [2.05, 4.69) is 27.7 Å². The quantitative estimate of drug-likeness (QED) is 0.196. The minimum absolute atomic E-state index is 0.222. The van der Waals surface area contributed by atoms with Gasteiger partial charge < -0.3 is 18.9 Å². The Morgan fingerprint density at radius 2 is 0.667 bits per heavy atom. The summed E-state index contributed by atoms with van der Waals surface area (Å²) in [4.78, 5) is 27.2. The Morgan fingerprint density at radius 1 is 0.444 bits per heavy atom. The molecule has 0 aliphatic heterocycles. The van der Waals surface area contributed by atoms with Gasteiger partial charge in [-0.05, 0) is 49.9 Å². The van der Waals surface area contributed by atoms with E-state index in [9.17, 15) is 9.59 Å². The van der Waals surface area contributed by atoms with Crippen molar-refractivity contribution in [1.82, 2.24) is 0 Å². The Hall–Kier alpha value is -3.02. The van der Waals surface area contributed by atoms with E-state index in [0.29, 0.717) is 71.7 Å². The molecule has 0 heterocycles. The van der Waals surface area contributed by atoms with Crippen LogP contribution >= 0.6 is 0 Å². The number of unbranched alkanes of at least 4 members (excludes halogenated alkanes) is 4. The molecular weight excluding hydrogens is 456 g/mol. The largest absolute Gasteiger partial charge is 0.490 e. The minimum Gasteiger partial charge on any atom is -0.490 e. The molecule has 6 heteroatoms.